The number of nitro groups is 1. The van der Waals surface area contributed by atoms with Crippen molar-refractivity contribution >= 4 is 16.5 Å². The van der Waals surface area contributed by atoms with E-state index in [9.17, 15) is 10.1 Å². The Balaban J connectivity index is 2.11. The van der Waals surface area contributed by atoms with Crippen LogP contribution in [0.15, 0.2) is 72.8 Å². The third kappa shape index (κ3) is 2.15. The van der Waals surface area contributed by atoms with E-state index in [1.807, 2.05) is 30.3 Å². The Hall–Kier alpha value is -3.46. The molecule has 1 aliphatic rings. The summed E-state index contributed by atoms with van der Waals surface area (Å²) in [5.41, 5.74) is 7.39. The molecule has 0 saturated heterocycles. The first-order valence-electron chi connectivity index (χ1n) is 9.13. The number of nitrogens with zero attached hydrogens (tertiary/aromatic N) is 1. The molecule has 0 spiro atoms. The quantitative estimate of drug-likeness (QED) is 0.265. The fourth-order valence-corrected chi connectivity index (χ4v) is 4.37. The minimum Gasteiger partial charge on any atom is -0.258 e. The number of benzene rings is 4. The van der Waals surface area contributed by atoms with Crippen molar-refractivity contribution in [3.8, 4) is 33.4 Å². The van der Waals surface area contributed by atoms with Gasteiger partial charge in [0.2, 0.25) is 0 Å². The predicted molar refractivity (Wildman–Crippen MR) is 110 cm³/mol. The molecule has 0 atom stereocenters. The van der Waals surface area contributed by atoms with Crippen LogP contribution in [-0.4, -0.2) is 4.92 Å². The molecule has 4 aromatic rings. The molecule has 3 heteroatoms. The number of aryl methyl sites for hydroxylation is 1. The number of fused-ring (bicyclic) bond motifs is 5. The van der Waals surface area contributed by atoms with E-state index >= 15 is 0 Å². The number of hydrogen-bond acceptors (Lipinski definition) is 2. The Labute approximate surface area is 157 Å². The molecule has 0 amide bonds. The highest BCUT2D eigenvalue weighted by Crippen LogP contribution is 2.51. The van der Waals surface area contributed by atoms with Crippen LogP contribution in [0, 0.1) is 10.1 Å². The molecule has 5 rings (SSSR count). The standard InChI is InChI=1S/C24H17NO2/c1-2-15-13-14-16-7-5-11-20-23(16)22(15)18-9-4-3-8-17(18)19-10-6-12-21(24(19)20)25(26)27/h3-14H,2H2,1H3. The molecular formula is C24H17NO2. The maximum absolute atomic E-state index is 11.9. The zero-order valence-electron chi connectivity index (χ0n) is 14.9. The van der Waals surface area contributed by atoms with Crippen molar-refractivity contribution in [1.29, 1.82) is 0 Å². The zero-order chi connectivity index (χ0) is 18.5. The van der Waals surface area contributed by atoms with E-state index < -0.39 is 0 Å². The molecule has 27 heavy (non-hydrogen) atoms. The number of hydrogen-bond donors (Lipinski definition) is 0. The summed E-state index contributed by atoms with van der Waals surface area (Å²) >= 11 is 0. The average molecular weight is 351 g/mol. The second kappa shape index (κ2) is 5.78. The van der Waals surface area contributed by atoms with E-state index in [-0.39, 0.29) is 10.6 Å². The normalized spacial score (nSPS) is 11.6. The first kappa shape index (κ1) is 15.8. The van der Waals surface area contributed by atoms with Gasteiger partial charge in [0.05, 0.1) is 10.5 Å². The third-order valence-corrected chi connectivity index (χ3v) is 5.51. The van der Waals surface area contributed by atoms with Gasteiger partial charge in [-0.3, -0.25) is 10.1 Å². The third-order valence-electron chi connectivity index (χ3n) is 5.51. The lowest BCUT2D eigenvalue weighted by molar-refractivity contribution is -0.384. The number of nitro benzene ring substituents is 1. The van der Waals surface area contributed by atoms with Crippen LogP contribution in [0.25, 0.3) is 44.2 Å². The van der Waals surface area contributed by atoms with Crippen molar-refractivity contribution < 1.29 is 4.92 Å². The monoisotopic (exact) mass is 351 g/mol. The molecule has 0 heterocycles. The summed E-state index contributed by atoms with van der Waals surface area (Å²) < 4.78 is 0. The highest BCUT2D eigenvalue weighted by molar-refractivity contribution is 6.15. The van der Waals surface area contributed by atoms with Gasteiger partial charge in [-0.1, -0.05) is 73.7 Å². The largest absolute Gasteiger partial charge is 0.277 e. The van der Waals surface area contributed by atoms with Gasteiger partial charge in [0.1, 0.15) is 0 Å². The van der Waals surface area contributed by atoms with Crippen molar-refractivity contribution in [3.63, 3.8) is 0 Å². The SMILES string of the molecule is CCc1ccc2cccc3c2c1-c1ccccc1-c1cccc([N+](=O)[O-])c1-3. The van der Waals surface area contributed by atoms with Crippen molar-refractivity contribution in [2.24, 2.45) is 0 Å². The zero-order valence-corrected chi connectivity index (χ0v) is 14.9. The molecule has 0 bridgehead atoms. The first-order chi connectivity index (χ1) is 13.2. The van der Waals surface area contributed by atoms with E-state index in [1.165, 1.54) is 11.1 Å². The fourth-order valence-electron chi connectivity index (χ4n) is 4.37. The van der Waals surface area contributed by atoms with E-state index in [1.54, 1.807) is 12.1 Å². The molecule has 0 radical (unpaired) electrons. The lowest BCUT2D eigenvalue weighted by Crippen LogP contribution is -1.94. The van der Waals surface area contributed by atoms with Gasteiger partial charge in [0.25, 0.3) is 5.69 Å². The predicted octanol–water partition coefficient (Wildman–Crippen LogP) is 6.62. The minimum atomic E-state index is -0.269. The maximum Gasteiger partial charge on any atom is 0.277 e. The lowest BCUT2D eigenvalue weighted by atomic mass is 9.89. The van der Waals surface area contributed by atoms with Gasteiger partial charge in [0, 0.05) is 6.07 Å². The Morgan fingerprint density at radius 3 is 2.22 bits per heavy atom. The Bertz CT molecular complexity index is 1240. The molecule has 0 saturated carbocycles. The van der Waals surface area contributed by atoms with Crippen molar-refractivity contribution in [3.05, 3.63) is 88.5 Å². The van der Waals surface area contributed by atoms with Crippen LogP contribution in [0.4, 0.5) is 5.69 Å². The summed E-state index contributed by atoms with van der Waals surface area (Å²) in [5, 5.41) is 14.1. The first-order valence-corrected chi connectivity index (χ1v) is 9.13. The van der Waals surface area contributed by atoms with E-state index in [0.717, 1.165) is 39.4 Å². The van der Waals surface area contributed by atoms with E-state index in [4.69, 9.17) is 0 Å². The topological polar surface area (TPSA) is 43.1 Å². The van der Waals surface area contributed by atoms with Crippen LogP contribution in [0.2, 0.25) is 0 Å². The summed E-state index contributed by atoms with van der Waals surface area (Å²) in [6, 6.07) is 24.0. The molecule has 0 aromatic heterocycles. The van der Waals surface area contributed by atoms with Crippen LogP contribution in [0.1, 0.15) is 12.5 Å². The van der Waals surface area contributed by atoms with Crippen molar-refractivity contribution in [2.75, 3.05) is 0 Å². The summed E-state index contributed by atoms with van der Waals surface area (Å²) in [7, 11) is 0. The van der Waals surface area contributed by atoms with E-state index in [0.29, 0.717) is 5.56 Å². The summed E-state index contributed by atoms with van der Waals surface area (Å²) in [6.07, 6.45) is 0.909. The summed E-state index contributed by atoms with van der Waals surface area (Å²) in [6.45, 7) is 2.16. The highest BCUT2D eigenvalue weighted by Gasteiger charge is 2.28. The Morgan fingerprint density at radius 2 is 1.44 bits per heavy atom. The van der Waals surface area contributed by atoms with Crippen LogP contribution >= 0.6 is 0 Å². The minimum absolute atomic E-state index is 0.157. The molecular weight excluding hydrogens is 334 g/mol. The van der Waals surface area contributed by atoms with Gasteiger partial charge in [-0.25, -0.2) is 0 Å². The molecule has 0 aliphatic heterocycles. The molecule has 4 aromatic carbocycles. The van der Waals surface area contributed by atoms with Gasteiger partial charge < -0.3 is 0 Å². The van der Waals surface area contributed by atoms with Crippen LogP contribution < -0.4 is 0 Å². The highest BCUT2D eigenvalue weighted by atomic mass is 16.6. The van der Waals surface area contributed by atoms with E-state index in [2.05, 4.69) is 37.3 Å². The van der Waals surface area contributed by atoms with Crippen molar-refractivity contribution in [2.45, 2.75) is 13.3 Å². The van der Waals surface area contributed by atoms with Gasteiger partial charge in [-0.15, -0.1) is 0 Å². The average Bonchev–Trinajstić information content (AvgIpc) is 2.83. The molecule has 1 aliphatic carbocycles. The molecule has 0 fully saturated rings. The van der Waals surface area contributed by atoms with Crippen LogP contribution in [0.3, 0.4) is 0 Å². The summed E-state index contributed by atoms with van der Waals surface area (Å²) in [4.78, 5) is 11.6. The molecule has 130 valence electrons. The van der Waals surface area contributed by atoms with Crippen molar-refractivity contribution in [1.82, 2.24) is 0 Å². The number of rotatable bonds is 2. The fraction of sp³-hybridized carbons (Fsp3) is 0.0833. The maximum atomic E-state index is 11.9. The van der Waals surface area contributed by atoms with Crippen LogP contribution in [-0.2, 0) is 6.42 Å². The Kier molecular flexibility index (Phi) is 3.37. The smallest absolute Gasteiger partial charge is 0.258 e. The Morgan fingerprint density at radius 1 is 0.741 bits per heavy atom. The summed E-state index contributed by atoms with van der Waals surface area (Å²) in [5.74, 6) is 0. The van der Waals surface area contributed by atoms with Gasteiger partial charge in [0.15, 0.2) is 0 Å². The molecule has 3 nitrogen and oxygen atoms in total. The lowest BCUT2D eigenvalue weighted by Gasteiger charge is -2.14. The second-order valence-electron chi connectivity index (χ2n) is 6.86. The molecule has 0 unspecified atom stereocenters. The van der Waals surface area contributed by atoms with Gasteiger partial charge in [-0.2, -0.15) is 0 Å². The molecule has 0 N–H and O–H groups in total. The van der Waals surface area contributed by atoms with Gasteiger partial charge >= 0.3 is 0 Å². The second-order valence-corrected chi connectivity index (χ2v) is 6.86. The van der Waals surface area contributed by atoms with Crippen LogP contribution in [0.5, 0.6) is 0 Å². The van der Waals surface area contributed by atoms with Gasteiger partial charge in [-0.05, 0) is 50.6 Å².